The second-order valence-corrected chi connectivity index (χ2v) is 6.36. The van der Waals surface area contributed by atoms with Crippen LogP contribution >= 0.6 is 11.6 Å². The molecule has 1 aliphatic rings. The fourth-order valence-corrected chi connectivity index (χ4v) is 3.02. The second kappa shape index (κ2) is 8.78. The molecule has 3 N–H and O–H groups in total. The smallest absolute Gasteiger partial charge is 0.193 e. The van der Waals surface area contributed by atoms with Gasteiger partial charge in [0.15, 0.2) is 5.96 Å². The maximum absolute atomic E-state index is 6.18. The molecule has 0 bridgehead atoms. The molecule has 1 fully saturated rings. The number of aliphatic imine (C=N–C) groups is 1. The molecule has 26 heavy (non-hydrogen) atoms. The summed E-state index contributed by atoms with van der Waals surface area (Å²) in [6, 6.07) is 13.4. The zero-order valence-corrected chi connectivity index (χ0v) is 15.5. The van der Waals surface area contributed by atoms with Crippen molar-refractivity contribution in [1.82, 2.24) is 0 Å². The second-order valence-electron chi connectivity index (χ2n) is 5.93. The van der Waals surface area contributed by atoms with E-state index in [9.17, 15) is 0 Å². The number of nitrogens with zero attached hydrogens (tertiary/aromatic N) is 2. The molecule has 2 aromatic carbocycles. The van der Waals surface area contributed by atoms with Gasteiger partial charge in [-0.2, -0.15) is 0 Å². The van der Waals surface area contributed by atoms with E-state index in [2.05, 4.69) is 15.2 Å². The Morgan fingerprint density at radius 1 is 1.23 bits per heavy atom. The van der Waals surface area contributed by atoms with Crippen molar-refractivity contribution in [3.63, 3.8) is 0 Å². The van der Waals surface area contributed by atoms with Crippen molar-refractivity contribution in [2.75, 3.05) is 43.6 Å². The summed E-state index contributed by atoms with van der Waals surface area (Å²) in [5.41, 5.74) is 9.05. The zero-order chi connectivity index (χ0) is 18.4. The average Bonchev–Trinajstić information content (AvgIpc) is 2.68. The van der Waals surface area contributed by atoms with Gasteiger partial charge in [0.05, 0.1) is 26.9 Å². The lowest BCUT2D eigenvalue weighted by atomic mass is 10.1. The number of guanidine groups is 1. The van der Waals surface area contributed by atoms with Gasteiger partial charge in [-0.05, 0) is 48.0 Å². The molecule has 7 heteroatoms. The van der Waals surface area contributed by atoms with Crippen LogP contribution in [0.4, 0.5) is 11.4 Å². The third kappa shape index (κ3) is 4.80. The van der Waals surface area contributed by atoms with Crippen molar-refractivity contribution in [1.29, 1.82) is 0 Å². The van der Waals surface area contributed by atoms with Crippen LogP contribution in [0, 0.1) is 0 Å². The van der Waals surface area contributed by atoms with Crippen LogP contribution in [0.1, 0.15) is 5.56 Å². The van der Waals surface area contributed by atoms with Crippen LogP contribution in [0.15, 0.2) is 47.5 Å². The van der Waals surface area contributed by atoms with Gasteiger partial charge in [0.2, 0.25) is 0 Å². The van der Waals surface area contributed by atoms with Gasteiger partial charge in [-0.3, -0.25) is 0 Å². The fraction of sp³-hybridized carbons (Fsp3) is 0.316. The number of hydrogen-bond donors (Lipinski definition) is 2. The first-order valence-corrected chi connectivity index (χ1v) is 8.85. The highest BCUT2D eigenvalue weighted by atomic mass is 35.5. The van der Waals surface area contributed by atoms with Crippen LogP contribution in [-0.2, 0) is 11.3 Å². The molecule has 0 unspecified atom stereocenters. The number of anilines is 2. The molecule has 0 amide bonds. The van der Waals surface area contributed by atoms with E-state index < -0.39 is 0 Å². The average molecular weight is 375 g/mol. The Balaban J connectivity index is 1.70. The number of halogens is 1. The highest BCUT2D eigenvalue weighted by Gasteiger charge is 2.15. The van der Waals surface area contributed by atoms with Crippen LogP contribution < -0.4 is 20.7 Å². The Hall–Kier alpha value is -2.44. The number of morpholine rings is 1. The van der Waals surface area contributed by atoms with Gasteiger partial charge >= 0.3 is 0 Å². The van der Waals surface area contributed by atoms with Crippen molar-refractivity contribution in [3.05, 3.63) is 53.1 Å². The first kappa shape index (κ1) is 18.4. The summed E-state index contributed by atoms with van der Waals surface area (Å²) in [5.74, 6) is 1.14. The van der Waals surface area contributed by atoms with E-state index in [4.69, 9.17) is 26.8 Å². The summed E-state index contributed by atoms with van der Waals surface area (Å²) in [6.07, 6.45) is 0. The van der Waals surface area contributed by atoms with Gasteiger partial charge in [-0.1, -0.05) is 11.6 Å². The number of ether oxygens (including phenoxy) is 2. The van der Waals surface area contributed by atoms with E-state index >= 15 is 0 Å². The molecule has 0 aromatic heterocycles. The van der Waals surface area contributed by atoms with E-state index in [1.807, 2.05) is 42.5 Å². The van der Waals surface area contributed by atoms with E-state index in [1.165, 1.54) is 0 Å². The monoisotopic (exact) mass is 374 g/mol. The minimum atomic E-state index is 0.350. The first-order chi connectivity index (χ1) is 12.7. The quantitative estimate of drug-likeness (QED) is 0.621. The predicted molar refractivity (Wildman–Crippen MR) is 106 cm³/mol. The predicted octanol–water partition coefficient (Wildman–Crippen LogP) is 3.11. The Bertz CT molecular complexity index is 759. The van der Waals surface area contributed by atoms with Gasteiger partial charge in [-0.25, -0.2) is 4.99 Å². The molecule has 6 nitrogen and oxygen atoms in total. The van der Waals surface area contributed by atoms with Crippen LogP contribution in [0.25, 0.3) is 0 Å². The van der Waals surface area contributed by atoms with Crippen molar-refractivity contribution in [2.24, 2.45) is 10.7 Å². The third-order valence-corrected chi connectivity index (χ3v) is 4.41. The molecular formula is C19H23ClN4O2. The summed E-state index contributed by atoms with van der Waals surface area (Å²) in [5, 5.41) is 3.77. The lowest BCUT2D eigenvalue weighted by Gasteiger charge is -2.30. The van der Waals surface area contributed by atoms with Gasteiger partial charge in [0.1, 0.15) is 5.75 Å². The molecule has 2 aromatic rings. The molecular weight excluding hydrogens is 352 g/mol. The van der Waals surface area contributed by atoms with E-state index in [-0.39, 0.29) is 0 Å². The van der Waals surface area contributed by atoms with Gasteiger partial charge in [0, 0.05) is 29.5 Å². The van der Waals surface area contributed by atoms with Crippen LogP contribution in [0.2, 0.25) is 5.02 Å². The summed E-state index contributed by atoms with van der Waals surface area (Å²) >= 11 is 6.18. The van der Waals surface area contributed by atoms with Crippen LogP contribution in [0.5, 0.6) is 5.75 Å². The minimum absolute atomic E-state index is 0.350. The van der Waals surface area contributed by atoms with Gasteiger partial charge < -0.3 is 25.4 Å². The standard InChI is InChI=1S/C19H23ClN4O2/c1-25-17-5-3-16(4-6-17)23-19(21)22-13-14-12-15(20)2-7-18(14)24-8-10-26-11-9-24/h2-7,12H,8-11,13H2,1H3,(H3,21,22,23). The Labute approximate surface area is 158 Å². The fourth-order valence-electron chi connectivity index (χ4n) is 2.83. The molecule has 0 aliphatic carbocycles. The Morgan fingerprint density at radius 3 is 2.65 bits per heavy atom. The molecule has 0 saturated carbocycles. The molecule has 138 valence electrons. The maximum Gasteiger partial charge on any atom is 0.193 e. The summed E-state index contributed by atoms with van der Waals surface area (Å²) < 4.78 is 10.6. The van der Waals surface area contributed by atoms with Gasteiger partial charge in [0.25, 0.3) is 0 Å². The highest BCUT2D eigenvalue weighted by Crippen LogP contribution is 2.26. The largest absolute Gasteiger partial charge is 0.497 e. The SMILES string of the molecule is COc1ccc(NC(N)=NCc2cc(Cl)ccc2N2CCOCC2)cc1. The van der Waals surface area contributed by atoms with E-state index in [0.29, 0.717) is 17.5 Å². The molecule has 1 saturated heterocycles. The topological polar surface area (TPSA) is 72.1 Å². The highest BCUT2D eigenvalue weighted by molar-refractivity contribution is 6.30. The third-order valence-electron chi connectivity index (χ3n) is 4.18. The van der Waals surface area contributed by atoms with Crippen molar-refractivity contribution in [3.8, 4) is 5.75 Å². The van der Waals surface area contributed by atoms with Crippen molar-refractivity contribution >= 4 is 28.9 Å². The molecule has 1 heterocycles. The number of methoxy groups -OCH3 is 1. The molecule has 0 radical (unpaired) electrons. The number of nitrogens with one attached hydrogen (secondary N) is 1. The summed E-state index contributed by atoms with van der Waals surface area (Å²) in [7, 11) is 1.63. The lowest BCUT2D eigenvalue weighted by Crippen LogP contribution is -2.36. The zero-order valence-electron chi connectivity index (χ0n) is 14.7. The minimum Gasteiger partial charge on any atom is -0.497 e. The van der Waals surface area contributed by atoms with Crippen LogP contribution in [-0.4, -0.2) is 39.4 Å². The Morgan fingerprint density at radius 2 is 1.96 bits per heavy atom. The van der Waals surface area contributed by atoms with Gasteiger partial charge in [-0.15, -0.1) is 0 Å². The molecule has 3 rings (SSSR count). The first-order valence-electron chi connectivity index (χ1n) is 8.48. The van der Waals surface area contributed by atoms with Crippen molar-refractivity contribution < 1.29 is 9.47 Å². The summed E-state index contributed by atoms with van der Waals surface area (Å²) in [4.78, 5) is 6.75. The van der Waals surface area contributed by atoms with E-state index in [1.54, 1.807) is 7.11 Å². The number of nitrogens with two attached hydrogens (primary N) is 1. The molecule has 1 aliphatic heterocycles. The van der Waals surface area contributed by atoms with E-state index in [0.717, 1.165) is 49.0 Å². The number of benzene rings is 2. The molecule has 0 spiro atoms. The number of hydrogen-bond acceptors (Lipinski definition) is 4. The van der Waals surface area contributed by atoms with Crippen LogP contribution in [0.3, 0.4) is 0 Å². The maximum atomic E-state index is 6.18. The summed E-state index contributed by atoms with van der Waals surface area (Å²) in [6.45, 7) is 3.62. The van der Waals surface area contributed by atoms with Crippen molar-refractivity contribution in [2.45, 2.75) is 6.54 Å². The lowest BCUT2D eigenvalue weighted by molar-refractivity contribution is 0.122. The normalized spacial score (nSPS) is 15.0. The number of rotatable bonds is 5. The molecule has 0 atom stereocenters. The Kier molecular flexibility index (Phi) is 6.20.